The molecule has 0 heterocycles. The van der Waals surface area contributed by atoms with Crippen molar-refractivity contribution in [3.63, 3.8) is 0 Å². The summed E-state index contributed by atoms with van der Waals surface area (Å²) in [5, 5.41) is 5.55. The van der Waals surface area contributed by atoms with Crippen LogP contribution >= 0.6 is 0 Å². The van der Waals surface area contributed by atoms with E-state index in [2.05, 4.69) is 10.6 Å². The van der Waals surface area contributed by atoms with Gasteiger partial charge in [0.1, 0.15) is 5.75 Å². The molecule has 2 aromatic carbocycles. The second-order valence-electron chi connectivity index (χ2n) is 5.83. The maximum atomic E-state index is 12.2. The van der Waals surface area contributed by atoms with E-state index in [0.717, 1.165) is 5.56 Å². The highest BCUT2D eigenvalue weighted by Gasteiger charge is 2.11. The average Bonchev–Trinajstić information content (AvgIpc) is 2.62. The Balaban J connectivity index is 1.82. The minimum Gasteiger partial charge on any atom is -0.484 e. The summed E-state index contributed by atoms with van der Waals surface area (Å²) in [6.07, 6.45) is 0.416. The number of carbonyl (C=O) groups excluding carboxylic acids is 2. The molecule has 2 amide bonds. The van der Waals surface area contributed by atoms with Gasteiger partial charge in [-0.25, -0.2) is 0 Å². The van der Waals surface area contributed by atoms with Crippen LogP contribution in [0.3, 0.4) is 0 Å². The van der Waals surface area contributed by atoms with Crippen LogP contribution in [0.5, 0.6) is 5.75 Å². The lowest BCUT2D eigenvalue weighted by Crippen LogP contribution is -2.28. The van der Waals surface area contributed by atoms with Gasteiger partial charge in [0.15, 0.2) is 6.61 Å². The molecular weight excluding hydrogens is 316 g/mol. The topological polar surface area (TPSA) is 67.4 Å². The number of carbonyl (C=O) groups is 2. The third-order valence-corrected chi connectivity index (χ3v) is 3.74. The van der Waals surface area contributed by atoms with E-state index in [4.69, 9.17) is 4.74 Å². The molecule has 5 heteroatoms. The minimum atomic E-state index is -0.158. The molecule has 0 radical (unpaired) electrons. The monoisotopic (exact) mass is 340 g/mol. The zero-order chi connectivity index (χ0) is 18.1. The number of benzene rings is 2. The van der Waals surface area contributed by atoms with Crippen molar-refractivity contribution in [1.29, 1.82) is 0 Å². The lowest BCUT2D eigenvalue weighted by molar-refractivity contribution is -0.123. The van der Waals surface area contributed by atoms with Crippen molar-refractivity contribution in [2.24, 2.45) is 0 Å². The molecule has 2 aromatic rings. The zero-order valence-electron chi connectivity index (χ0n) is 14.6. The predicted molar refractivity (Wildman–Crippen MR) is 98.7 cm³/mol. The van der Waals surface area contributed by atoms with Crippen LogP contribution in [0.1, 0.15) is 31.7 Å². The van der Waals surface area contributed by atoms with E-state index < -0.39 is 0 Å². The molecule has 0 aliphatic carbocycles. The zero-order valence-corrected chi connectivity index (χ0v) is 14.6. The molecule has 0 saturated carbocycles. The Morgan fingerprint density at radius 1 is 1.00 bits per heavy atom. The van der Waals surface area contributed by atoms with E-state index in [1.165, 1.54) is 0 Å². The van der Waals surface area contributed by atoms with Gasteiger partial charge in [-0.3, -0.25) is 9.59 Å². The number of amides is 2. The van der Waals surface area contributed by atoms with E-state index in [9.17, 15) is 9.59 Å². The van der Waals surface area contributed by atoms with E-state index in [0.29, 0.717) is 24.4 Å². The summed E-state index contributed by atoms with van der Waals surface area (Å²) in [5.41, 5.74) is 1.85. The Morgan fingerprint density at radius 3 is 2.32 bits per heavy atom. The van der Waals surface area contributed by atoms with Gasteiger partial charge in [0, 0.05) is 18.7 Å². The first kappa shape index (κ1) is 18.5. The van der Waals surface area contributed by atoms with Crippen molar-refractivity contribution >= 4 is 17.5 Å². The van der Waals surface area contributed by atoms with Crippen LogP contribution in [0.4, 0.5) is 5.69 Å². The van der Waals surface area contributed by atoms with Crippen LogP contribution in [0, 0.1) is 0 Å². The molecule has 0 spiro atoms. The number of nitrogens with one attached hydrogen (secondary N) is 2. The molecular formula is C20H24N2O3. The third kappa shape index (κ3) is 6.30. The normalized spacial score (nSPS) is 11.4. The summed E-state index contributed by atoms with van der Waals surface area (Å²) >= 11 is 0. The SMILES string of the molecule is CCNC(=O)COc1ccc(NC(=O)CC(C)c2ccccc2)cc1. The number of ether oxygens (including phenoxy) is 1. The summed E-state index contributed by atoms with van der Waals surface area (Å²) in [4.78, 5) is 23.5. The lowest BCUT2D eigenvalue weighted by atomic mass is 9.97. The van der Waals surface area contributed by atoms with Gasteiger partial charge >= 0.3 is 0 Å². The molecule has 132 valence electrons. The van der Waals surface area contributed by atoms with Gasteiger partial charge in [-0.05, 0) is 42.7 Å². The fourth-order valence-electron chi connectivity index (χ4n) is 2.42. The van der Waals surface area contributed by atoms with Gasteiger partial charge in [-0.1, -0.05) is 37.3 Å². The number of hydrogen-bond acceptors (Lipinski definition) is 3. The molecule has 0 aromatic heterocycles. The van der Waals surface area contributed by atoms with Crippen LogP contribution < -0.4 is 15.4 Å². The quantitative estimate of drug-likeness (QED) is 0.774. The number of rotatable bonds is 8. The Bertz CT molecular complexity index is 684. The molecule has 2 rings (SSSR count). The highest BCUT2D eigenvalue weighted by Crippen LogP contribution is 2.20. The van der Waals surface area contributed by atoms with Crippen LogP contribution in [-0.2, 0) is 9.59 Å². The molecule has 0 fully saturated rings. The Labute approximate surface area is 148 Å². The molecule has 25 heavy (non-hydrogen) atoms. The second-order valence-corrected chi connectivity index (χ2v) is 5.83. The van der Waals surface area contributed by atoms with E-state index in [1.807, 2.05) is 44.2 Å². The molecule has 0 aliphatic rings. The van der Waals surface area contributed by atoms with Crippen molar-refractivity contribution in [3.8, 4) is 5.75 Å². The Morgan fingerprint density at radius 2 is 1.68 bits per heavy atom. The molecule has 0 saturated heterocycles. The van der Waals surface area contributed by atoms with Gasteiger partial charge < -0.3 is 15.4 Å². The molecule has 1 unspecified atom stereocenters. The van der Waals surface area contributed by atoms with Crippen LogP contribution in [0.15, 0.2) is 54.6 Å². The first-order valence-electron chi connectivity index (χ1n) is 8.43. The van der Waals surface area contributed by atoms with Crippen LogP contribution in [0.25, 0.3) is 0 Å². The van der Waals surface area contributed by atoms with Crippen molar-refractivity contribution in [2.75, 3.05) is 18.5 Å². The first-order chi connectivity index (χ1) is 12.1. The van der Waals surface area contributed by atoms with Crippen molar-refractivity contribution in [2.45, 2.75) is 26.2 Å². The lowest BCUT2D eigenvalue weighted by Gasteiger charge is -2.12. The molecule has 0 aliphatic heterocycles. The maximum absolute atomic E-state index is 12.2. The maximum Gasteiger partial charge on any atom is 0.257 e. The van der Waals surface area contributed by atoms with Gasteiger partial charge in [0.2, 0.25) is 5.91 Å². The Hall–Kier alpha value is -2.82. The summed E-state index contributed by atoms with van der Waals surface area (Å²) in [5.74, 6) is 0.546. The highest BCUT2D eigenvalue weighted by molar-refractivity contribution is 5.91. The van der Waals surface area contributed by atoms with E-state index >= 15 is 0 Å². The fourth-order valence-corrected chi connectivity index (χ4v) is 2.42. The summed E-state index contributed by atoms with van der Waals surface area (Å²) < 4.78 is 5.38. The smallest absolute Gasteiger partial charge is 0.257 e. The summed E-state index contributed by atoms with van der Waals surface area (Å²) in [6, 6.07) is 17.0. The van der Waals surface area contributed by atoms with Crippen molar-refractivity contribution in [1.82, 2.24) is 5.32 Å². The predicted octanol–water partition coefficient (Wildman–Crippen LogP) is 3.33. The number of anilines is 1. The molecule has 5 nitrogen and oxygen atoms in total. The van der Waals surface area contributed by atoms with Gasteiger partial charge in [0.25, 0.3) is 5.91 Å². The van der Waals surface area contributed by atoms with Crippen molar-refractivity contribution in [3.05, 3.63) is 60.2 Å². The molecule has 0 bridgehead atoms. The summed E-state index contributed by atoms with van der Waals surface area (Å²) in [7, 11) is 0. The van der Waals surface area contributed by atoms with Gasteiger partial charge in [-0.2, -0.15) is 0 Å². The Kier molecular flexibility index (Phi) is 7.01. The first-order valence-corrected chi connectivity index (χ1v) is 8.43. The molecule has 1 atom stereocenters. The number of likely N-dealkylation sites (N-methyl/N-ethyl adjacent to an activating group) is 1. The highest BCUT2D eigenvalue weighted by atomic mass is 16.5. The fraction of sp³-hybridized carbons (Fsp3) is 0.300. The van der Waals surface area contributed by atoms with E-state index in [-0.39, 0.29) is 24.3 Å². The number of hydrogen-bond donors (Lipinski definition) is 2. The minimum absolute atomic E-state index is 0.0197. The van der Waals surface area contributed by atoms with Crippen LogP contribution in [-0.4, -0.2) is 25.0 Å². The van der Waals surface area contributed by atoms with Crippen molar-refractivity contribution < 1.29 is 14.3 Å². The van der Waals surface area contributed by atoms with Gasteiger partial charge in [0.05, 0.1) is 0 Å². The third-order valence-electron chi connectivity index (χ3n) is 3.74. The largest absolute Gasteiger partial charge is 0.484 e. The standard InChI is InChI=1S/C20H24N2O3/c1-3-21-20(24)14-25-18-11-9-17(10-12-18)22-19(23)13-15(2)16-7-5-4-6-8-16/h4-12,15H,3,13-14H2,1-2H3,(H,21,24)(H,22,23). The van der Waals surface area contributed by atoms with Gasteiger partial charge in [-0.15, -0.1) is 0 Å². The van der Waals surface area contributed by atoms with E-state index in [1.54, 1.807) is 24.3 Å². The average molecular weight is 340 g/mol. The summed E-state index contributed by atoms with van der Waals surface area (Å²) in [6.45, 7) is 4.45. The molecule has 2 N–H and O–H groups in total. The second kappa shape index (κ2) is 9.47. The van der Waals surface area contributed by atoms with Crippen LogP contribution in [0.2, 0.25) is 0 Å².